The van der Waals surface area contributed by atoms with Gasteiger partial charge in [-0.1, -0.05) is 30.3 Å². The maximum Gasteiger partial charge on any atom is 0.337 e. The zero-order chi connectivity index (χ0) is 24.2. The maximum atomic E-state index is 11.8. The molecule has 0 saturated carbocycles. The quantitative estimate of drug-likeness (QED) is 0.261. The van der Waals surface area contributed by atoms with Crippen molar-refractivity contribution in [3.63, 3.8) is 0 Å². The number of aromatic carboxylic acids is 1. The van der Waals surface area contributed by atoms with Crippen LogP contribution in [0.25, 0.3) is 16.5 Å². The molecular formula is C28H24N2O4S. The van der Waals surface area contributed by atoms with Gasteiger partial charge in [0.15, 0.2) is 0 Å². The number of hydrogen-bond donors (Lipinski definition) is 1. The maximum absolute atomic E-state index is 11.8. The van der Waals surface area contributed by atoms with Gasteiger partial charge in [0.05, 0.1) is 22.9 Å². The number of carboxylic acids is 1. The lowest BCUT2D eigenvalue weighted by Crippen LogP contribution is -2.03. The predicted octanol–water partition coefficient (Wildman–Crippen LogP) is 6.41. The summed E-state index contributed by atoms with van der Waals surface area (Å²) < 4.78 is 13.7. The summed E-state index contributed by atoms with van der Waals surface area (Å²) in [6.07, 6.45) is 4.69. The van der Waals surface area contributed by atoms with Crippen LogP contribution in [0.1, 0.15) is 32.9 Å². The molecule has 0 spiro atoms. The molecule has 1 N–H and O–H groups in total. The van der Waals surface area contributed by atoms with Gasteiger partial charge in [0, 0.05) is 24.4 Å². The van der Waals surface area contributed by atoms with E-state index in [1.165, 1.54) is 0 Å². The molecule has 0 amide bonds. The number of thiophene rings is 1. The first kappa shape index (κ1) is 22.7. The molecule has 7 heteroatoms. The molecule has 3 heterocycles. The Labute approximate surface area is 207 Å². The molecule has 0 aliphatic rings. The van der Waals surface area contributed by atoms with Crippen LogP contribution < -0.4 is 4.74 Å². The number of nitrogens with zero attached hydrogens (tertiary/aromatic N) is 2. The van der Waals surface area contributed by atoms with Crippen LogP contribution in [-0.4, -0.2) is 27.2 Å². The standard InChI is InChI=1S/C28H24N2O4S/c1-19-25(29-27(34-19)21-8-3-2-4-9-21)12-13-33-23-10-5-7-20(16-23)15-22-17-30(18-24(22)28(31)32)26-11-6-14-35-26/h2-11,14,16-18H,12-13,15H2,1H3,(H,31,32). The predicted molar refractivity (Wildman–Crippen MR) is 136 cm³/mol. The SMILES string of the molecule is Cc1oc(-c2ccccc2)nc1CCOc1cccc(Cc2cn(-c3cccs3)cc2C(=O)O)c1. The fourth-order valence-corrected chi connectivity index (χ4v) is 4.65. The lowest BCUT2D eigenvalue weighted by atomic mass is 10.0. The highest BCUT2D eigenvalue weighted by molar-refractivity contribution is 7.12. The van der Waals surface area contributed by atoms with Crippen LogP contribution in [0.5, 0.6) is 5.75 Å². The molecule has 0 aliphatic carbocycles. The van der Waals surface area contributed by atoms with Crippen LogP contribution in [0.3, 0.4) is 0 Å². The number of oxazole rings is 1. The van der Waals surface area contributed by atoms with Crippen molar-refractivity contribution < 1.29 is 19.1 Å². The van der Waals surface area contributed by atoms with Crippen molar-refractivity contribution >= 4 is 17.3 Å². The van der Waals surface area contributed by atoms with Gasteiger partial charge in [0.25, 0.3) is 0 Å². The van der Waals surface area contributed by atoms with Gasteiger partial charge >= 0.3 is 5.97 Å². The first-order valence-electron chi connectivity index (χ1n) is 11.3. The Hall–Kier alpha value is -4.10. The van der Waals surface area contributed by atoms with Crippen LogP contribution in [-0.2, 0) is 12.8 Å². The topological polar surface area (TPSA) is 77.5 Å². The van der Waals surface area contributed by atoms with E-state index in [0.29, 0.717) is 30.9 Å². The minimum Gasteiger partial charge on any atom is -0.493 e. The number of ether oxygens (including phenoxy) is 1. The van der Waals surface area contributed by atoms with Crippen molar-refractivity contribution in [2.45, 2.75) is 19.8 Å². The zero-order valence-corrected chi connectivity index (χ0v) is 20.0. The first-order valence-corrected chi connectivity index (χ1v) is 12.2. The van der Waals surface area contributed by atoms with Crippen LogP contribution in [0.15, 0.2) is 88.9 Å². The molecule has 3 aromatic heterocycles. The molecule has 0 saturated heterocycles. The highest BCUT2D eigenvalue weighted by atomic mass is 32.1. The fraction of sp³-hybridized carbons (Fsp3) is 0.143. The summed E-state index contributed by atoms with van der Waals surface area (Å²) in [6.45, 7) is 2.37. The van der Waals surface area contributed by atoms with Gasteiger partial charge < -0.3 is 18.8 Å². The molecular weight excluding hydrogens is 460 g/mol. The molecule has 5 aromatic rings. The number of aromatic nitrogens is 2. The number of aryl methyl sites for hydroxylation is 1. The fourth-order valence-electron chi connectivity index (χ4n) is 3.97. The lowest BCUT2D eigenvalue weighted by Gasteiger charge is -2.08. The third-order valence-electron chi connectivity index (χ3n) is 5.71. The van der Waals surface area contributed by atoms with Gasteiger partial charge in [-0.3, -0.25) is 0 Å². The van der Waals surface area contributed by atoms with E-state index in [9.17, 15) is 9.90 Å². The lowest BCUT2D eigenvalue weighted by molar-refractivity contribution is 0.0696. The number of benzene rings is 2. The Morgan fingerprint density at radius 1 is 1.09 bits per heavy atom. The van der Waals surface area contributed by atoms with Crippen molar-refractivity contribution in [3.8, 4) is 22.2 Å². The van der Waals surface area contributed by atoms with E-state index in [2.05, 4.69) is 4.98 Å². The molecule has 0 atom stereocenters. The van der Waals surface area contributed by atoms with Crippen molar-refractivity contribution in [1.29, 1.82) is 0 Å². The third kappa shape index (κ3) is 5.20. The zero-order valence-electron chi connectivity index (χ0n) is 19.2. The summed E-state index contributed by atoms with van der Waals surface area (Å²) >= 11 is 1.57. The molecule has 5 rings (SSSR count). The summed E-state index contributed by atoms with van der Waals surface area (Å²) in [5, 5.41) is 12.6. The minimum atomic E-state index is -0.930. The molecule has 0 unspecified atom stereocenters. The Bertz CT molecular complexity index is 1440. The Morgan fingerprint density at radius 2 is 1.94 bits per heavy atom. The van der Waals surface area contributed by atoms with Crippen LogP contribution in [0.4, 0.5) is 0 Å². The van der Waals surface area contributed by atoms with E-state index in [1.807, 2.05) is 89.8 Å². The normalized spacial score (nSPS) is 11.0. The van der Waals surface area contributed by atoms with Gasteiger partial charge in [-0.2, -0.15) is 0 Å². The van der Waals surface area contributed by atoms with E-state index >= 15 is 0 Å². The van der Waals surface area contributed by atoms with Crippen molar-refractivity contribution in [1.82, 2.24) is 9.55 Å². The van der Waals surface area contributed by atoms with E-state index in [1.54, 1.807) is 17.5 Å². The number of carbonyl (C=O) groups is 1. The average Bonchev–Trinajstić information content (AvgIpc) is 3.61. The number of hydrogen-bond acceptors (Lipinski definition) is 5. The number of rotatable bonds is 9. The largest absolute Gasteiger partial charge is 0.493 e. The van der Waals surface area contributed by atoms with Crippen LogP contribution >= 0.6 is 11.3 Å². The summed E-state index contributed by atoms with van der Waals surface area (Å²) in [7, 11) is 0. The Kier molecular flexibility index (Phi) is 6.50. The molecule has 0 fully saturated rings. The van der Waals surface area contributed by atoms with Crippen molar-refractivity contribution in [2.24, 2.45) is 0 Å². The monoisotopic (exact) mass is 484 g/mol. The molecule has 0 aliphatic heterocycles. The smallest absolute Gasteiger partial charge is 0.337 e. The average molecular weight is 485 g/mol. The third-order valence-corrected chi connectivity index (χ3v) is 6.60. The second-order valence-electron chi connectivity index (χ2n) is 8.17. The molecule has 6 nitrogen and oxygen atoms in total. The van der Waals surface area contributed by atoms with E-state index < -0.39 is 5.97 Å². The summed E-state index contributed by atoms with van der Waals surface area (Å²) in [4.78, 5) is 16.4. The molecule has 0 bridgehead atoms. The summed E-state index contributed by atoms with van der Waals surface area (Å²) in [5.74, 6) is 1.21. The van der Waals surface area contributed by atoms with E-state index in [4.69, 9.17) is 9.15 Å². The molecule has 35 heavy (non-hydrogen) atoms. The summed E-state index contributed by atoms with van der Waals surface area (Å²) in [5.41, 5.74) is 3.87. The van der Waals surface area contributed by atoms with Gasteiger partial charge in [-0.15, -0.1) is 11.3 Å². The molecule has 0 radical (unpaired) electrons. The van der Waals surface area contributed by atoms with Gasteiger partial charge in [0.2, 0.25) is 5.89 Å². The van der Waals surface area contributed by atoms with Crippen molar-refractivity contribution in [3.05, 3.63) is 113 Å². The van der Waals surface area contributed by atoms with Gasteiger partial charge in [-0.25, -0.2) is 9.78 Å². The Morgan fingerprint density at radius 3 is 2.71 bits per heavy atom. The van der Waals surface area contributed by atoms with E-state index in [-0.39, 0.29) is 0 Å². The second kappa shape index (κ2) is 10.0. The molecule has 2 aromatic carbocycles. The van der Waals surface area contributed by atoms with Crippen LogP contribution in [0.2, 0.25) is 0 Å². The highest BCUT2D eigenvalue weighted by Gasteiger charge is 2.16. The minimum absolute atomic E-state index is 0.306. The van der Waals surface area contributed by atoms with E-state index in [0.717, 1.165) is 38.9 Å². The first-order chi connectivity index (χ1) is 17.1. The molecule has 176 valence electrons. The number of carboxylic acid groups (broad SMARTS) is 1. The highest BCUT2D eigenvalue weighted by Crippen LogP contribution is 2.25. The summed E-state index contributed by atoms with van der Waals surface area (Å²) in [6, 6.07) is 21.5. The van der Waals surface area contributed by atoms with Gasteiger partial charge in [-0.05, 0) is 66.2 Å². The Balaban J connectivity index is 1.25. The van der Waals surface area contributed by atoms with Gasteiger partial charge in [0.1, 0.15) is 11.5 Å². The van der Waals surface area contributed by atoms with Crippen molar-refractivity contribution in [2.75, 3.05) is 6.61 Å². The second-order valence-corrected chi connectivity index (χ2v) is 9.10. The van der Waals surface area contributed by atoms with Crippen LogP contribution in [0, 0.1) is 6.92 Å².